The van der Waals surface area contributed by atoms with E-state index < -0.39 is 0 Å². The molecule has 0 radical (unpaired) electrons. The first-order valence-electron chi connectivity index (χ1n) is 5.97. The first-order valence-corrected chi connectivity index (χ1v) is 7.05. The van der Waals surface area contributed by atoms with Crippen LogP contribution in [-0.2, 0) is 4.79 Å². The highest BCUT2D eigenvalue weighted by atomic mass is 127. The van der Waals surface area contributed by atoms with Crippen LogP contribution in [0.3, 0.4) is 0 Å². The van der Waals surface area contributed by atoms with Gasteiger partial charge in [-0.15, -0.1) is 0 Å². The first-order chi connectivity index (χ1) is 8.15. The smallest absolute Gasteiger partial charge is 0.227 e. The van der Waals surface area contributed by atoms with Crippen molar-refractivity contribution in [3.05, 3.63) is 27.8 Å². The monoisotopic (exact) mass is 344 g/mol. The van der Waals surface area contributed by atoms with Gasteiger partial charge < -0.3 is 11.1 Å². The molecule has 0 unspecified atom stereocenters. The fraction of sp³-hybridized carbons (Fsp3) is 0.462. The number of halogens is 1. The largest absolute Gasteiger partial charge is 0.328 e. The van der Waals surface area contributed by atoms with Crippen LogP contribution >= 0.6 is 22.6 Å². The van der Waals surface area contributed by atoms with Crippen LogP contribution in [0.2, 0.25) is 0 Å². The van der Waals surface area contributed by atoms with E-state index in [0.29, 0.717) is 0 Å². The highest BCUT2D eigenvalue weighted by molar-refractivity contribution is 14.1. The van der Waals surface area contributed by atoms with Crippen LogP contribution in [-0.4, -0.2) is 11.9 Å². The van der Waals surface area contributed by atoms with E-state index >= 15 is 0 Å². The summed E-state index contributed by atoms with van der Waals surface area (Å²) in [4.78, 5) is 12.0. The van der Waals surface area contributed by atoms with Gasteiger partial charge in [0.25, 0.3) is 0 Å². The second-order valence-corrected chi connectivity index (χ2v) is 5.85. The van der Waals surface area contributed by atoms with Crippen molar-refractivity contribution in [3.8, 4) is 0 Å². The Morgan fingerprint density at radius 2 is 1.76 bits per heavy atom. The molecule has 1 saturated carbocycles. The zero-order chi connectivity index (χ0) is 12.3. The maximum absolute atomic E-state index is 12.0. The fourth-order valence-electron chi connectivity index (χ4n) is 2.16. The number of nitrogens with two attached hydrogens (primary N) is 1. The van der Waals surface area contributed by atoms with Gasteiger partial charge in [0.1, 0.15) is 0 Å². The Morgan fingerprint density at radius 1 is 1.18 bits per heavy atom. The van der Waals surface area contributed by atoms with Crippen molar-refractivity contribution in [1.82, 2.24) is 0 Å². The Balaban J connectivity index is 1.90. The Bertz CT molecular complexity index is 383. The van der Waals surface area contributed by atoms with Crippen molar-refractivity contribution in [1.29, 1.82) is 0 Å². The lowest BCUT2D eigenvalue weighted by molar-refractivity contribution is -0.120. The molecule has 1 aliphatic rings. The number of rotatable bonds is 2. The number of nitrogens with one attached hydrogen (secondary N) is 1. The van der Waals surface area contributed by atoms with E-state index in [1.165, 1.54) is 3.57 Å². The van der Waals surface area contributed by atoms with Gasteiger partial charge in [0.2, 0.25) is 5.91 Å². The van der Waals surface area contributed by atoms with Crippen molar-refractivity contribution < 1.29 is 4.79 Å². The Labute approximate surface area is 115 Å². The van der Waals surface area contributed by atoms with E-state index in [4.69, 9.17) is 5.73 Å². The fourth-order valence-corrected chi connectivity index (χ4v) is 2.52. The third-order valence-electron chi connectivity index (χ3n) is 3.25. The summed E-state index contributed by atoms with van der Waals surface area (Å²) in [5, 5.41) is 2.97. The molecule has 3 nitrogen and oxygen atoms in total. The lowest BCUT2D eigenvalue weighted by atomic mass is 9.86. The third-order valence-corrected chi connectivity index (χ3v) is 3.97. The number of hydrogen-bond donors (Lipinski definition) is 2. The normalized spacial score (nSPS) is 24.4. The maximum atomic E-state index is 12.0. The molecule has 0 heterocycles. The number of amides is 1. The van der Waals surface area contributed by atoms with E-state index in [1.54, 1.807) is 0 Å². The van der Waals surface area contributed by atoms with Crippen LogP contribution in [0, 0.1) is 9.49 Å². The molecule has 92 valence electrons. The summed E-state index contributed by atoms with van der Waals surface area (Å²) in [5.74, 6) is 0.271. The zero-order valence-corrected chi connectivity index (χ0v) is 11.8. The van der Waals surface area contributed by atoms with Gasteiger partial charge in [0.05, 0.1) is 0 Å². The second-order valence-electron chi connectivity index (χ2n) is 4.61. The highest BCUT2D eigenvalue weighted by Crippen LogP contribution is 2.24. The van der Waals surface area contributed by atoms with Crippen LogP contribution < -0.4 is 11.1 Å². The molecule has 0 aromatic heterocycles. The molecular formula is C13H17IN2O. The summed E-state index contributed by atoms with van der Waals surface area (Å²) in [6.07, 6.45) is 3.75. The van der Waals surface area contributed by atoms with Crippen LogP contribution in [0.25, 0.3) is 0 Å². The topological polar surface area (TPSA) is 55.1 Å². The Hall–Kier alpha value is -0.620. The molecule has 0 spiro atoms. The van der Waals surface area contributed by atoms with Gasteiger partial charge in [0.15, 0.2) is 0 Å². The van der Waals surface area contributed by atoms with Gasteiger partial charge in [-0.05, 0) is 72.5 Å². The van der Waals surface area contributed by atoms with Gasteiger partial charge in [-0.1, -0.05) is 0 Å². The van der Waals surface area contributed by atoms with Crippen molar-refractivity contribution in [2.75, 3.05) is 5.32 Å². The molecular weight excluding hydrogens is 327 g/mol. The zero-order valence-electron chi connectivity index (χ0n) is 9.66. The van der Waals surface area contributed by atoms with E-state index in [2.05, 4.69) is 27.9 Å². The number of carbonyl (C=O) groups is 1. The molecule has 1 aliphatic carbocycles. The van der Waals surface area contributed by atoms with Crippen LogP contribution in [0.15, 0.2) is 24.3 Å². The Kier molecular flexibility index (Phi) is 4.39. The number of carbonyl (C=O) groups excluding carboxylic acids is 1. The predicted molar refractivity (Wildman–Crippen MR) is 77.7 cm³/mol. The summed E-state index contributed by atoms with van der Waals surface area (Å²) in [7, 11) is 0. The molecule has 0 saturated heterocycles. The van der Waals surface area contributed by atoms with Gasteiger partial charge in [-0.3, -0.25) is 4.79 Å². The molecule has 1 aromatic carbocycles. The van der Waals surface area contributed by atoms with Crippen molar-refractivity contribution in [3.63, 3.8) is 0 Å². The summed E-state index contributed by atoms with van der Waals surface area (Å²) in [5.41, 5.74) is 6.71. The average Bonchev–Trinajstić information content (AvgIpc) is 2.33. The van der Waals surface area contributed by atoms with Crippen molar-refractivity contribution in [2.24, 2.45) is 11.7 Å². The van der Waals surface area contributed by atoms with Crippen molar-refractivity contribution >= 4 is 34.2 Å². The number of benzene rings is 1. The molecule has 0 bridgehead atoms. The predicted octanol–water partition coefficient (Wildman–Crippen LogP) is 2.75. The lowest BCUT2D eigenvalue weighted by Crippen LogP contribution is -2.32. The van der Waals surface area contributed by atoms with E-state index in [0.717, 1.165) is 31.4 Å². The first kappa shape index (κ1) is 12.8. The molecule has 1 aromatic rings. The SMILES string of the molecule is NC1CCC(C(=O)Nc2ccc(I)cc2)CC1. The molecule has 4 heteroatoms. The quantitative estimate of drug-likeness (QED) is 0.811. The van der Waals surface area contributed by atoms with Gasteiger partial charge in [-0.2, -0.15) is 0 Å². The molecule has 1 amide bonds. The standard InChI is InChI=1S/C13H17IN2O/c14-10-3-7-12(8-4-10)16-13(17)9-1-5-11(15)6-2-9/h3-4,7-9,11H,1-2,5-6,15H2,(H,16,17). The van der Waals surface area contributed by atoms with Crippen LogP contribution in [0.1, 0.15) is 25.7 Å². The maximum Gasteiger partial charge on any atom is 0.227 e. The number of hydrogen-bond acceptors (Lipinski definition) is 2. The third kappa shape index (κ3) is 3.67. The summed E-state index contributed by atoms with van der Waals surface area (Å²) >= 11 is 2.25. The highest BCUT2D eigenvalue weighted by Gasteiger charge is 2.24. The van der Waals surface area contributed by atoms with E-state index in [9.17, 15) is 4.79 Å². The minimum absolute atomic E-state index is 0.133. The molecule has 3 N–H and O–H groups in total. The van der Waals surface area contributed by atoms with Gasteiger partial charge in [0, 0.05) is 21.2 Å². The number of anilines is 1. The van der Waals surface area contributed by atoms with E-state index in [-0.39, 0.29) is 17.9 Å². The molecule has 2 rings (SSSR count). The van der Waals surface area contributed by atoms with Gasteiger partial charge >= 0.3 is 0 Å². The summed E-state index contributed by atoms with van der Waals surface area (Å²) in [6.45, 7) is 0. The Morgan fingerprint density at radius 3 is 2.35 bits per heavy atom. The second kappa shape index (κ2) is 5.82. The minimum Gasteiger partial charge on any atom is -0.328 e. The molecule has 0 aliphatic heterocycles. The molecule has 17 heavy (non-hydrogen) atoms. The van der Waals surface area contributed by atoms with Crippen molar-refractivity contribution in [2.45, 2.75) is 31.7 Å². The van der Waals surface area contributed by atoms with E-state index in [1.807, 2.05) is 24.3 Å². The average molecular weight is 344 g/mol. The summed E-state index contributed by atoms with van der Waals surface area (Å²) < 4.78 is 1.17. The lowest BCUT2D eigenvalue weighted by Gasteiger charge is -2.25. The van der Waals surface area contributed by atoms with Crippen LogP contribution in [0.5, 0.6) is 0 Å². The van der Waals surface area contributed by atoms with Gasteiger partial charge in [-0.25, -0.2) is 0 Å². The molecule has 1 fully saturated rings. The van der Waals surface area contributed by atoms with Crippen LogP contribution in [0.4, 0.5) is 5.69 Å². The summed E-state index contributed by atoms with van der Waals surface area (Å²) in [6, 6.07) is 8.15. The minimum atomic E-state index is 0.133. The molecule has 0 atom stereocenters.